The molecule has 2 aliphatic rings. The lowest BCUT2D eigenvalue weighted by Gasteiger charge is -2.28. The fourth-order valence-corrected chi connectivity index (χ4v) is 3.68. The first-order chi connectivity index (χ1) is 8.81. The zero-order valence-corrected chi connectivity index (χ0v) is 12.3. The molecule has 5 heteroatoms. The molecule has 4 nitrogen and oxygen atoms in total. The number of hydrogen-bond donors (Lipinski definition) is 1. The largest absolute Gasteiger partial charge is 0.370 e. The third-order valence-corrected chi connectivity index (χ3v) is 4.75. The maximum absolute atomic E-state index is 6.09. The van der Waals surface area contributed by atoms with Gasteiger partial charge in [-0.25, -0.2) is 0 Å². The van der Waals surface area contributed by atoms with E-state index in [4.69, 9.17) is 5.73 Å². The van der Waals surface area contributed by atoms with Crippen LogP contribution in [0.5, 0.6) is 0 Å². The van der Waals surface area contributed by atoms with Crippen LogP contribution >= 0.6 is 11.8 Å². The van der Waals surface area contributed by atoms with Crippen LogP contribution in [0.25, 0.3) is 0 Å². The molecule has 0 spiro atoms. The molecule has 2 aliphatic heterocycles. The van der Waals surface area contributed by atoms with Crippen molar-refractivity contribution in [2.45, 2.75) is 32.2 Å². The van der Waals surface area contributed by atoms with Gasteiger partial charge in [-0.05, 0) is 32.4 Å². The van der Waals surface area contributed by atoms with Crippen molar-refractivity contribution in [3.05, 3.63) is 0 Å². The second kappa shape index (κ2) is 7.24. The first-order valence-electron chi connectivity index (χ1n) is 7.18. The fraction of sp³-hybridized carbons (Fsp3) is 0.923. The molecule has 0 amide bonds. The topological polar surface area (TPSA) is 44.9 Å². The van der Waals surface area contributed by atoms with Crippen LogP contribution in [0.2, 0.25) is 0 Å². The predicted octanol–water partition coefficient (Wildman–Crippen LogP) is 1.22. The molecular formula is C13H26N4S. The summed E-state index contributed by atoms with van der Waals surface area (Å²) in [4.78, 5) is 9.44. The molecule has 0 aromatic carbocycles. The number of guanidine groups is 1. The van der Waals surface area contributed by atoms with Gasteiger partial charge in [0.05, 0.1) is 6.54 Å². The highest BCUT2D eigenvalue weighted by molar-refractivity contribution is 7.99. The van der Waals surface area contributed by atoms with Gasteiger partial charge in [0.2, 0.25) is 0 Å². The summed E-state index contributed by atoms with van der Waals surface area (Å²) < 4.78 is 0. The second-order valence-corrected chi connectivity index (χ2v) is 6.36. The highest BCUT2D eigenvalue weighted by Crippen LogP contribution is 2.17. The van der Waals surface area contributed by atoms with Gasteiger partial charge in [0.25, 0.3) is 0 Å². The first kappa shape index (κ1) is 14.0. The Morgan fingerprint density at radius 1 is 1.33 bits per heavy atom. The summed E-state index contributed by atoms with van der Waals surface area (Å²) in [6.45, 7) is 7.70. The van der Waals surface area contributed by atoms with E-state index in [2.05, 4.69) is 21.7 Å². The monoisotopic (exact) mass is 270 g/mol. The van der Waals surface area contributed by atoms with Gasteiger partial charge in [0.15, 0.2) is 5.96 Å². The molecule has 2 heterocycles. The average molecular weight is 270 g/mol. The molecule has 0 aromatic rings. The number of hydrogen-bond acceptors (Lipinski definition) is 3. The van der Waals surface area contributed by atoms with Crippen molar-refractivity contribution in [3.63, 3.8) is 0 Å². The van der Waals surface area contributed by atoms with Crippen molar-refractivity contribution in [3.8, 4) is 0 Å². The van der Waals surface area contributed by atoms with Gasteiger partial charge in [-0.2, -0.15) is 11.8 Å². The third-order valence-electron chi connectivity index (χ3n) is 3.81. The maximum Gasteiger partial charge on any atom is 0.191 e. The number of thioether (sulfide) groups is 1. The van der Waals surface area contributed by atoms with E-state index < -0.39 is 0 Å². The zero-order valence-electron chi connectivity index (χ0n) is 11.5. The van der Waals surface area contributed by atoms with Crippen LogP contribution in [0.3, 0.4) is 0 Å². The SMILES string of the molecule is CCCN1CCC[C@H]1CN=C(N)N1CCSCC1. The summed E-state index contributed by atoms with van der Waals surface area (Å²) in [7, 11) is 0. The minimum Gasteiger partial charge on any atom is -0.370 e. The molecule has 1 atom stereocenters. The number of aliphatic imine (C=N–C) groups is 1. The molecule has 0 bridgehead atoms. The number of rotatable bonds is 4. The van der Waals surface area contributed by atoms with Gasteiger partial charge in [-0.1, -0.05) is 6.92 Å². The molecule has 2 saturated heterocycles. The molecule has 0 saturated carbocycles. The summed E-state index contributed by atoms with van der Waals surface area (Å²) in [5, 5.41) is 0. The molecule has 0 aromatic heterocycles. The van der Waals surface area contributed by atoms with E-state index in [0.29, 0.717) is 6.04 Å². The molecule has 0 aliphatic carbocycles. The van der Waals surface area contributed by atoms with Gasteiger partial charge in [0.1, 0.15) is 0 Å². The van der Waals surface area contributed by atoms with Crippen molar-refractivity contribution in [1.29, 1.82) is 0 Å². The standard InChI is InChI=1S/C13H26N4S/c1-2-5-16-6-3-4-12(16)11-15-13(14)17-7-9-18-10-8-17/h12H,2-11H2,1H3,(H2,14,15)/t12-/m0/s1. The van der Waals surface area contributed by atoms with Crippen LogP contribution in [0.4, 0.5) is 0 Å². The van der Waals surface area contributed by atoms with Crippen LogP contribution in [0.1, 0.15) is 26.2 Å². The normalized spacial score (nSPS) is 26.8. The Balaban J connectivity index is 1.81. The highest BCUT2D eigenvalue weighted by atomic mass is 32.2. The van der Waals surface area contributed by atoms with Crippen molar-refractivity contribution in [2.75, 3.05) is 44.2 Å². The minimum absolute atomic E-state index is 0.627. The summed E-state index contributed by atoms with van der Waals surface area (Å²) in [5.41, 5.74) is 6.09. The first-order valence-corrected chi connectivity index (χ1v) is 8.33. The Kier molecular flexibility index (Phi) is 5.63. The summed E-state index contributed by atoms with van der Waals surface area (Å²) in [6.07, 6.45) is 3.84. The Bertz CT molecular complexity index is 276. The van der Waals surface area contributed by atoms with Crippen molar-refractivity contribution >= 4 is 17.7 Å². The Labute approximate surface area is 115 Å². The van der Waals surface area contributed by atoms with Crippen LogP contribution in [-0.2, 0) is 0 Å². The van der Waals surface area contributed by atoms with Crippen LogP contribution in [0, 0.1) is 0 Å². The molecule has 2 fully saturated rings. The average Bonchev–Trinajstić information content (AvgIpc) is 2.85. The lowest BCUT2D eigenvalue weighted by Crippen LogP contribution is -2.43. The van der Waals surface area contributed by atoms with Crippen molar-refractivity contribution in [2.24, 2.45) is 10.7 Å². The van der Waals surface area contributed by atoms with E-state index in [9.17, 15) is 0 Å². The Morgan fingerprint density at radius 2 is 2.11 bits per heavy atom. The van der Waals surface area contributed by atoms with E-state index in [-0.39, 0.29) is 0 Å². The smallest absolute Gasteiger partial charge is 0.191 e. The van der Waals surface area contributed by atoms with Gasteiger partial charge in [0, 0.05) is 30.6 Å². The van der Waals surface area contributed by atoms with E-state index in [0.717, 1.165) is 25.6 Å². The summed E-state index contributed by atoms with van der Waals surface area (Å²) >= 11 is 2.01. The Hall–Kier alpha value is -0.420. The lowest BCUT2D eigenvalue weighted by molar-refractivity contribution is 0.259. The van der Waals surface area contributed by atoms with Gasteiger partial charge in [-0.3, -0.25) is 9.89 Å². The number of likely N-dealkylation sites (tertiary alicyclic amines) is 1. The summed E-state index contributed by atoms with van der Waals surface area (Å²) in [6, 6.07) is 0.627. The second-order valence-electron chi connectivity index (χ2n) is 5.13. The van der Waals surface area contributed by atoms with Crippen LogP contribution < -0.4 is 5.73 Å². The van der Waals surface area contributed by atoms with E-state index >= 15 is 0 Å². The molecule has 0 radical (unpaired) electrons. The quantitative estimate of drug-likeness (QED) is 0.616. The highest BCUT2D eigenvalue weighted by Gasteiger charge is 2.23. The van der Waals surface area contributed by atoms with Gasteiger partial charge < -0.3 is 10.6 Å². The zero-order chi connectivity index (χ0) is 12.8. The molecule has 2 N–H and O–H groups in total. The number of nitrogens with zero attached hydrogens (tertiary/aromatic N) is 3. The van der Waals surface area contributed by atoms with Gasteiger partial charge >= 0.3 is 0 Å². The summed E-state index contributed by atoms with van der Waals surface area (Å²) in [5.74, 6) is 3.13. The lowest BCUT2D eigenvalue weighted by atomic mass is 10.2. The van der Waals surface area contributed by atoms with Crippen LogP contribution in [0.15, 0.2) is 4.99 Å². The third kappa shape index (κ3) is 3.79. The number of nitrogens with two attached hydrogens (primary N) is 1. The maximum atomic E-state index is 6.09. The van der Waals surface area contributed by atoms with E-state index in [1.54, 1.807) is 0 Å². The fourth-order valence-electron chi connectivity index (χ4n) is 2.77. The molecule has 18 heavy (non-hydrogen) atoms. The minimum atomic E-state index is 0.627. The van der Waals surface area contributed by atoms with Gasteiger partial charge in [-0.15, -0.1) is 0 Å². The molecule has 2 rings (SSSR count). The molecular weight excluding hydrogens is 244 g/mol. The Morgan fingerprint density at radius 3 is 2.83 bits per heavy atom. The van der Waals surface area contributed by atoms with E-state index in [1.807, 2.05) is 11.8 Å². The van der Waals surface area contributed by atoms with Crippen molar-refractivity contribution in [1.82, 2.24) is 9.80 Å². The van der Waals surface area contributed by atoms with E-state index in [1.165, 1.54) is 43.9 Å². The molecule has 104 valence electrons. The molecule has 0 unspecified atom stereocenters. The van der Waals surface area contributed by atoms with Crippen LogP contribution in [-0.4, -0.2) is 66.0 Å². The predicted molar refractivity (Wildman–Crippen MR) is 80.3 cm³/mol. The van der Waals surface area contributed by atoms with Crippen molar-refractivity contribution < 1.29 is 0 Å².